The zero-order valence-electron chi connectivity index (χ0n) is 17.3. The van der Waals surface area contributed by atoms with Gasteiger partial charge in [0.25, 0.3) is 0 Å². The van der Waals surface area contributed by atoms with Crippen molar-refractivity contribution in [2.45, 2.75) is 18.8 Å². The molecule has 6 rings (SSSR count). The predicted molar refractivity (Wildman–Crippen MR) is 138 cm³/mol. The zero-order valence-corrected chi connectivity index (χ0v) is 20.5. The average molecular weight is 545 g/mol. The topological polar surface area (TPSA) is 29.1 Å². The van der Waals surface area contributed by atoms with Crippen molar-refractivity contribution in [2.24, 2.45) is 0 Å². The number of carbonyl (C=O) groups excluding carboxylic acids is 1. The molecule has 0 fully saturated rings. The molecule has 0 saturated heterocycles. The third-order valence-electron chi connectivity index (χ3n) is 6.77. The summed E-state index contributed by atoms with van der Waals surface area (Å²) >= 11 is 7.24. The van der Waals surface area contributed by atoms with Crippen LogP contribution in [0.1, 0.15) is 41.0 Å². The van der Waals surface area contributed by atoms with E-state index in [1.54, 1.807) is 0 Å². The van der Waals surface area contributed by atoms with Gasteiger partial charge in [-0.05, 0) is 73.6 Å². The van der Waals surface area contributed by atoms with E-state index in [-0.39, 0.29) is 17.7 Å². The molecule has 1 aliphatic carbocycles. The maximum atomic E-state index is 13.3. The lowest BCUT2D eigenvalue weighted by molar-refractivity contribution is -0.117. The van der Waals surface area contributed by atoms with E-state index in [2.05, 4.69) is 117 Å². The van der Waals surface area contributed by atoms with Gasteiger partial charge in [-0.3, -0.25) is 4.79 Å². The molecule has 1 aliphatic heterocycles. The van der Waals surface area contributed by atoms with Gasteiger partial charge in [-0.25, -0.2) is 0 Å². The highest BCUT2D eigenvalue weighted by atomic mass is 79.9. The number of benzene rings is 4. The Bertz CT molecular complexity index is 1460. The maximum Gasteiger partial charge on any atom is 0.232 e. The molecule has 4 aromatic rings. The first-order chi connectivity index (χ1) is 15.5. The standard InChI is InChI=1S/C28H19Br2NO/c1-15-24(19-12-6-8-16-7-2-3-9-18(16)19)20-10-4-5-11-21(20)25(15)26-22-13-17(29)14-23(30)27(22)31-28(26)32/h2-14,25-26H,1H3,(H,31,32). The van der Waals surface area contributed by atoms with Gasteiger partial charge in [0.05, 0.1) is 11.6 Å². The van der Waals surface area contributed by atoms with Crippen molar-refractivity contribution in [3.05, 3.63) is 116 Å². The average Bonchev–Trinajstić information content (AvgIpc) is 3.26. The molecule has 2 atom stereocenters. The van der Waals surface area contributed by atoms with Gasteiger partial charge in [-0.1, -0.05) is 88.2 Å². The van der Waals surface area contributed by atoms with Crippen molar-refractivity contribution in [2.75, 3.05) is 5.32 Å². The Morgan fingerprint density at radius 3 is 2.38 bits per heavy atom. The summed E-state index contributed by atoms with van der Waals surface area (Å²) in [4.78, 5) is 13.3. The van der Waals surface area contributed by atoms with E-state index < -0.39 is 0 Å². The van der Waals surface area contributed by atoms with Crippen molar-refractivity contribution in [1.29, 1.82) is 0 Å². The van der Waals surface area contributed by atoms with Gasteiger partial charge in [0.15, 0.2) is 0 Å². The molecule has 0 saturated carbocycles. The summed E-state index contributed by atoms with van der Waals surface area (Å²) in [5, 5.41) is 5.59. The minimum Gasteiger partial charge on any atom is -0.324 e. The fourth-order valence-electron chi connectivity index (χ4n) is 5.47. The molecule has 156 valence electrons. The van der Waals surface area contributed by atoms with E-state index in [4.69, 9.17) is 0 Å². The molecule has 2 aliphatic rings. The van der Waals surface area contributed by atoms with Crippen LogP contribution in [0.15, 0.2) is 93.4 Å². The molecule has 1 N–H and O–H groups in total. The molecular formula is C28H19Br2NO. The van der Waals surface area contributed by atoms with Crippen LogP contribution in [-0.2, 0) is 4.79 Å². The Labute approximate surface area is 203 Å². The molecule has 2 unspecified atom stereocenters. The van der Waals surface area contributed by atoms with E-state index in [0.717, 1.165) is 20.2 Å². The predicted octanol–water partition coefficient (Wildman–Crippen LogP) is 8.02. The SMILES string of the molecule is CC1=C(c2cccc3ccccc23)c2ccccc2C1C1C(=O)Nc2c(Br)cc(Br)cc21. The van der Waals surface area contributed by atoms with Crippen molar-refractivity contribution in [3.8, 4) is 0 Å². The van der Waals surface area contributed by atoms with Gasteiger partial charge in [0, 0.05) is 14.9 Å². The van der Waals surface area contributed by atoms with E-state index in [1.165, 1.54) is 38.6 Å². The normalized spacial score (nSPS) is 19.3. The van der Waals surface area contributed by atoms with E-state index in [1.807, 2.05) is 6.07 Å². The van der Waals surface area contributed by atoms with Gasteiger partial charge in [-0.15, -0.1) is 0 Å². The summed E-state index contributed by atoms with van der Waals surface area (Å²) in [5.41, 5.74) is 8.08. The summed E-state index contributed by atoms with van der Waals surface area (Å²) in [5.74, 6) is -0.229. The number of hydrogen-bond donors (Lipinski definition) is 1. The van der Waals surface area contributed by atoms with E-state index in [0.29, 0.717) is 0 Å². The second-order valence-corrected chi connectivity index (χ2v) is 10.2. The molecule has 2 nitrogen and oxygen atoms in total. The highest BCUT2D eigenvalue weighted by molar-refractivity contribution is 9.11. The van der Waals surface area contributed by atoms with Crippen LogP contribution in [0.4, 0.5) is 5.69 Å². The van der Waals surface area contributed by atoms with Crippen LogP contribution in [0.5, 0.6) is 0 Å². The monoisotopic (exact) mass is 543 g/mol. The van der Waals surface area contributed by atoms with Crippen LogP contribution < -0.4 is 5.32 Å². The molecule has 0 spiro atoms. The van der Waals surface area contributed by atoms with Crippen molar-refractivity contribution in [1.82, 2.24) is 0 Å². The van der Waals surface area contributed by atoms with Gasteiger partial charge in [0.1, 0.15) is 0 Å². The van der Waals surface area contributed by atoms with E-state index >= 15 is 0 Å². The first-order valence-electron chi connectivity index (χ1n) is 10.6. The molecule has 0 radical (unpaired) electrons. The number of fused-ring (bicyclic) bond motifs is 3. The number of carbonyl (C=O) groups is 1. The largest absolute Gasteiger partial charge is 0.324 e. The summed E-state index contributed by atoms with van der Waals surface area (Å²) in [6.45, 7) is 2.19. The lowest BCUT2D eigenvalue weighted by Crippen LogP contribution is -2.19. The maximum absolute atomic E-state index is 13.3. The minimum atomic E-state index is -0.271. The highest BCUT2D eigenvalue weighted by Crippen LogP contribution is 2.55. The summed E-state index contributed by atoms with van der Waals surface area (Å²) in [6.07, 6.45) is 0. The fourth-order valence-corrected chi connectivity index (χ4v) is 6.83. The Balaban J connectivity index is 1.61. The van der Waals surface area contributed by atoms with E-state index in [9.17, 15) is 4.79 Å². The van der Waals surface area contributed by atoms with Crippen LogP contribution in [0.25, 0.3) is 16.3 Å². The second-order valence-electron chi connectivity index (χ2n) is 8.47. The fraction of sp³-hybridized carbons (Fsp3) is 0.107. The van der Waals surface area contributed by atoms with Crippen LogP contribution in [0, 0.1) is 0 Å². The number of nitrogens with one attached hydrogen (secondary N) is 1. The van der Waals surface area contributed by atoms with Crippen molar-refractivity contribution >= 4 is 59.8 Å². The number of anilines is 1. The molecule has 1 amide bonds. The highest BCUT2D eigenvalue weighted by Gasteiger charge is 2.43. The van der Waals surface area contributed by atoms with Crippen molar-refractivity contribution < 1.29 is 4.79 Å². The van der Waals surface area contributed by atoms with Crippen LogP contribution in [-0.4, -0.2) is 5.91 Å². The Morgan fingerprint density at radius 2 is 1.50 bits per heavy atom. The Morgan fingerprint density at radius 1 is 0.781 bits per heavy atom. The number of rotatable bonds is 2. The molecular weight excluding hydrogens is 526 g/mol. The Hall–Kier alpha value is -2.69. The lowest BCUT2D eigenvalue weighted by Gasteiger charge is -2.21. The van der Waals surface area contributed by atoms with Gasteiger partial charge in [-0.2, -0.15) is 0 Å². The smallest absolute Gasteiger partial charge is 0.232 e. The van der Waals surface area contributed by atoms with Crippen LogP contribution in [0.2, 0.25) is 0 Å². The van der Waals surface area contributed by atoms with Gasteiger partial charge in [0.2, 0.25) is 5.91 Å². The number of allylic oxidation sites excluding steroid dienone is 1. The first kappa shape index (κ1) is 20.0. The van der Waals surface area contributed by atoms with Crippen molar-refractivity contribution in [3.63, 3.8) is 0 Å². The number of halogens is 2. The lowest BCUT2D eigenvalue weighted by atomic mass is 9.80. The molecule has 0 aromatic heterocycles. The molecule has 1 heterocycles. The summed E-state index contributed by atoms with van der Waals surface area (Å²) in [7, 11) is 0. The zero-order chi connectivity index (χ0) is 22.0. The summed E-state index contributed by atoms with van der Waals surface area (Å²) < 4.78 is 1.87. The second kappa shape index (κ2) is 7.43. The third-order valence-corrected chi connectivity index (χ3v) is 7.85. The molecule has 4 heteroatoms. The van der Waals surface area contributed by atoms with Crippen LogP contribution in [0.3, 0.4) is 0 Å². The molecule has 0 bridgehead atoms. The first-order valence-corrected chi connectivity index (χ1v) is 12.2. The molecule has 4 aromatic carbocycles. The number of hydrogen-bond acceptors (Lipinski definition) is 1. The quantitative estimate of drug-likeness (QED) is 0.272. The Kier molecular flexibility index (Phi) is 4.63. The van der Waals surface area contributed by atoms with Crippen LogP contribution >= 0.6 is 31.9 Å². The van der Waals surface area contributed by atoms with Gasteiger partial charge >= 0.3 is 0 Å². The minimum absolute atomic E-state index is 0.0115. The third kappa shape index (κ3) is 2.86. The number of amides is 1. The summed E-state index contributed by atoms with van der Waals surface area (Å²) in [6, 6.07) is 27.6. The van der Waals surface area contributed by atoms with Gasteiger partial charge < -0.3 is 5.32 Å². The molecule has 32 heavy (non-hydrogen) atoms.